The molecule has 0 saturated carbocycles. The quantitative estimate of drug-likeness (QED) is 0.535. The zero-order valence-corrected chi connectivity index (χ0v) is 15.3. The van der Waals surface area contributed by atoms with Crippen molar-refractivity contribution in [3.63, 3.8) is 0 Å². The summed E-state index contributed by atoms with van der Waals surface area (Å²) in [5.41, 5.74) is 1.87. The van der Waals surface area contributed by atoms with Crippen molar-refractivity contribution in [3.8, 4) is 17.0 Å². The molecular formula is C19H14ClN3O2S. The van der Waals surface area contributed by atoms with Crippen LogP contribution in [0.1, 0.15) is 0 Å². The summed E-state index contributed by atoms with van der Waals surface area (Å²) in [4.78, 5) is 17.2. The lowest BCUT2D eigenvalue weighted by Gasteiger charge is -2.10. The molecule has 0 atom stereocenters. The first-order valence-corrected chi connectivity index (χ1v) is 9.09. The average Bonchev–Trinajstić information content (AvgIpc) is 3.10. The molecule has 2 aromatic heterocycles. The van der Waals surface area contributed by atoms with Crippen LogP contribution in [0.4, 0.5) is 10.8 Å². The summed E-state index contributed by atoms with van der Waals surface area (Å²) in [6, 6.07) is 14.5. The number of hydrogen-bond acceptors (Lipinski definition) is 5. The molecule has 4 aromatic rings. The number of fused-ring (bicyclic) bond motifs is 1. The van der Waals surface area contributed by atoms with Crippen molar-refractivity contribution in [2.75, 3.05) is 5.32 Å². The number of rotatable bonds is 3. The Hall–Kier alpha value is -2.83. The molecule has 0 fully saturated rings. The van der Waals surface area contributed by atoms with Crippen LogP contribution < -0.4 is 10.9 Å². The van der Waals surface area contributed by atoms with Gasteiger partial charge in [-0.2, -0.15) is 0 Å². The van der Waals surface area contributed by atoms with Crippen molar-refractivity contribution in [1.82, 2.24) is 9.55 Å². The number of aromatic hydroxyl groups is 1. The molecule has 26 heavy (non-hydrogen) atoms. The molecule has 2 heterocycles. The predicted octanol–water partition coefficient (Wildman–Crippen LogP) is 4.76. The van der Waals surface area contributed by atoms with E-state index >= 15 is 0 Å². The van der Waals surface area contributed by atoms with Crippen LogP contribution in [0.25, 0.3) is 22.2 Å². The molecule has 0 saturated heterocycles. The molecule has 2 N–H and O–H groups in total. The third kappa shape index (κ3) is 2.83. The SMILES string of the molecule is Cn1c(=O)c(-c2csc(Nc3ccc(Cl)cc3)n2)c(O)c2ccccc21. The third-order valence-corrected chi connectivity index (χ3v) is 5.14. The van der Waals surface area contributed by atoms with E-state index in [4.69, 9.17) is 11.6 Å². The summed E-state index contributed by atoms with van der Waals surface area (Å²) >= 11 is 7.25. The first-order valence-electron chi connectivity index (χ1n) is 7.84. The maximum absolute atomic E-state index is 12.7. The molecule has 0 aliphatic carbocycles. The van der Waals surface area contributed by atoms with Crippen LogP contribution in [0.3, 0.4) is 0 Å². The van der Waals surface area contributed by atoms with E-state index in [2.05, 4.69) is 10.3 Å². The number of nitrogens with zero attached hydrogens (tertiary/aromatic N) is 2. The lowest BCUT2D eigenvalue weighted by atomic mass is 10.1. The molecule has 7 heteroatoms. The van der Waals surface area contributed by atoms with Gasteiger partial charge in [-0.1, -0.05) is 23.7 Å². The minimum absolute atomic E-state index is 0.0490. The van der Waals surface area contributed by atoms with Crippen LogP contribution in [-0.2, 0) is 7.05 Å². The summed E-state index contributed by atoms with van der Waals surface area (Å²) in [7, 11) is 1.69. The van der Waals surface area contributed by atoms with Crippen molar-refractivity contribution in [3.05, 3.63) is 69.3 Å². The van der Waals surface area contributed by atoms with E-state index < -0.39 is 0 Å². The fourth-order valence-electron chi connectivity index (χ4n) is 2.81. The highest BCUT2D eigenvalue weighted by atomic mass is 35.5. The second kappa shape index (κ2) is 6.48. The molecule has 0 amide bonds. The van der Waals surface area contributed by atoms with E-state index in [-0.39, 0.29) is 16.9 Å². The van der Waals surface area contributed by atoms with Crippen molar-refractivity contribution >= 4 is 44.7 Å². The van der Waals surface area contributed by atoms with Gasteiger partial charge < -0.3 is 15.0 Å². The number of nitrogens with one attached hydrogen (secondary N) is 1. The van der Waals surface area contributed by atoms with E-state index in [9.17, 15) is 9.90 Å². The highest BCUT2D eigenvalue weighted by Gasteiger charge is 2.18. The third-order valence-electron chi connectivity index (χ3n) is 4.13. The van der Waals surface area contributed by atoms with Gasteiger partial charge in [0.25, 0.3) is 5.56 Å². The summed E-state index contributed by atoms with van der Waals surface area (Å²) in [5.74, 6) is -0.0490. The average molecular weight is 384 g/mol. The lowest BCUT2D eigenvalue weighted by Crippen LogP contribution is -2.19. The van der Waals surface area contributed by atoms with E-state index in [0.29, 0.717) is 26.8 Å². The number of halogens is 1. The lowest BCUT2D eigenvalue weighted by molar-refractivity contribution is 0.481. The van der Waals surface area contributed by atoms with E-state index in [1.165, 1.54) is 15.9 Å². The minimum atomic E-state index is -0.287. The molecule has 0 unspecified atom stereocenters. The van der Waals surface area contributed by atoms with Crippen LogP contribution in [0.5, 0.6) is 5.75 Å². The van der Waals surface area contributed by atoms with Gasteiger partial charge in [0.1, 0.15) is 11.3 Å². The number of anilines is 2. The van der Waals surface area contributed by atoms with Gasteiger partial charge in [0.2, 0.25) is 0 Å². The van der Waals surface area contributed by atoms with Crippen molar-refractivity contribution in [1.29, 1.82) is 0 Å². The van der Waals surface area contributed by atoms with Crippen molar-refractivity contribution in [2.24, 2.45) is 7.05 Å². The van der Waals surface area contributed by atoms with Gasteiger partial charge in [-0.15, -0.1) is 11.3 Å². The Balaban J connectivity index is 1.78. The molecule has 0 radical (unpaired) electrons. The van der Waals surface area contributed by atoms with Crippen molar-refractivity contribution in [2.45, 2.75) is 0 Å². The summed E-state index contributed by atoms with van der Waals surface area (Å²) in [6.45, 7) is 0. The zero-order chi connectivity index (χ0) is 18.3. The monoisotopic (exact) mass is 383 g/mol. The molecular weight excluding hydrogens is 370 g/mol. The van der Waals surface area contributed by atoms with Gasteiger partial charge in [-0.05, 0) is 36.4 Å². The van der Waals surface area contributed by atoms with Gasteiger partial charge in [-0.3, -0.25) is 4.79 Å². The van der Waals surface area contributed by atoms with Crippen LogP contribution >= 0.6 is 22.9 Å². The number of aryl methyl sites for hydroxylation is 1. The molecule has 0 aliphatic heterocycles. The fourth-order valence-corrected chi connectivity index (χ4v) is 3.66. The molecule has 2 aromatic carbocycles. The number of pyridine rings is 1. The van der Waals surface area contributed by atoms with Gasteiger partial charge in [-0.25, -0.2) is 4.98 Å². The first-order chi connectivity index (χ1) is 12.5. The Kier molecular flexibility index (Phi) is 4.14. The summed E-state index contributed by atoms with van der Waals surface area (Å²) in [6.07, 6.45) is 0. The van der Waals surface area contributed by atoms with Gasteiger partial charge >= 0.3 is 0 Å². The topological polar surface area (TPSA) is 67.2 Å². The standard InChI is InChI=1S/C19H14ClN3O2S/c1-23-15-5-3-2-4-13(15)17(24)16(18(23)25)14-10-26-19(22-14)21-12-8-6-11(20)7-9-12/h2-10,24H,1H3,(H,21,22). The molecule has 0 aliphatic rings. The smallest absolute Gasteiger partial charge is 0.264 e. The van der Waals surface area contributed by atoms with E-state index in [1.54, 1.807) is 36.7 Å². The Morgan fingerprint density at radius 2 is 1.88 bits per heavy atom. The normalized spacial score (nSPS) is 11.0. The van der Waals surface area contributed by atoms with E-state index in [1.807, 2.05) is 24.3 Å². The maximum Gasteiger partial charge on any atom is 0.264 e. The Morgan fingerprint density at radius 3 is 2.65 bits per heavy atom. The Bertz CT molecular complexity index is 1170. The van der Waals surface area contributed by atoms with Gasteiger partial charge in [0.05, 0.1) is 11.2 Å². The van der Waals surface area contributed by atoms with E-state index in [0.717, 1.165) is 5.69 Å². The molecule has 130 valence electrons. The number of benzene rings is 2. The fraction of sp³-hybridized carbons (Fsp3) is 0.0526. The highest BCUT2D eigenvalue weighted by molar-refractivity contribution is 7.14. The van der Waals surface area contributed by atoms with Crippen LogP contribution in [0, 0.1) is 0 Å². The summed E-state index contributed by atoms with van der Waals surface area (Å²) in [5, 5.41) is 17.5. The van der Waals surface area contributed by atoms with Gasteiger partial charge in [0, 0.05) is 28.5 Å². The number of hydrogen-bond donors (Lipinski definition) is 2. The minimum Gasteiger partial charge on any atom is -0.506 e. The second-order valence-corrected chi connectivity index (χ2v) is 7.07. The maximum atomic E-state index is 12.7. The first kappa shape index (κ1) is 16.6. The molecule has 0 spiro atoms. The van der Waals surface area contributed by atoms with Gasteiger partial charge in [0.15, 0.2) is 5.13 Å². The predicted molar refractivity (Wildman–Crippen MR) is 107 cm³/mol. The second-order valence-electron chi connectivity index (χ2n) is 5.77. The largest absolute Gasteiger partial charge is 0.506 e. The van der Waals surface area contributed by atoms with Crippen molar-refractivity contribution < 1.29 is 5.11 Å². The summed E-state index contributed by atoms with van der Waals surface area (Å²) < 4.78 is 1.52. The molecule has 0 bridgehead atoms. The molecule has 5 nitrogen and oxygen atoms in total. The number of aromatic nitrogens is 2. The number of thiazole rings is 1. The highest BCUT2D eigenvalue weighted by Crippen LogP contribution is 2.34. The van der Waals surface area contributed by atoms with Crippen LogP contribution in [0.15, 0.2) is 58.7 Å². The van der Waals surface area contributed by atoms with Crippen LogP contribution in [-0.4, -0.2) is 14.7 Å². The Labute approximate surface area is 158 Å². The zero-order valence-electron chi connectivity index (χ0n) is 13.7. The van der Waals surface area contributed by atoms with Crippen LogP contribution in [0.2, 0.25) is 5.02 Å². The number of para-hydroxylation sites is 1. The Morgan fingerprint density at radius 1 is 1.15 bits per heavy atom. The molecule has 4 rings (SSSR count).